The van der Waals surface area contributed by atoms with E-state index in [-0.39, 0.29) is 17.4 Å². The Morgan fingerprint density at radius 1 is 1.45 bits per heavy atom. The summed E-state index contributed by atoms with van der Waals surface area (Å²) in [6, 6.07) is 0. The topological polar surface area (TPSA) is 64.5 Å². The molecule has 7 heteroatoms. The summed E-state index contributed by atoms with van der Waals surface area (Å²) < 4.78 is 11.0. The first-order chi connectivity index (χ1) is 9.33. The monoisotopic (exact) mass is 299 g/mol. The molecule has 110 valence electrons. The van der Waals surface area contributed by atoms with Gasteiger partial charge in [0.05, 0.1) is 18.9 Å². The largest absolute Gasteiger partial charge is 0.471 e. The summed E-state index contributed by atoms with van der Waals surface area (Å²) in [5, 5.41) is 0.282. The summed E-state index contributed by atoms with van der Waals surface area (Å²) >= 11 is 5.74. The minimum Gasteiger partial charge on any atom is -0.471 e. The maximum atomic E-state index is 11.9. The first-order valence-electron chi connectivity index (χ1n) is 6.45. The van der Waals surface area contributed by atoms with Gasteiger partial charge in [0.15, 0.2) is 5.15 Å². The van der Waals surface area contributed by atoms with Crippen molar-refractivity contribution in [2.24, 2.45) is 0 Å². The van der Waals surface area contributed by atoms with Crippen molar-refractivity contribution in [1.82, 2.24) is 14.9 Å². The van der Waals surface area contributed by atoms with Crippen LogP contribution in [0.1, 0.15) is 27.2 Å². The molecule has 0 bridgehead atoms. The molecule has 2 heterocycles. The Labute approximate surface area is 123 Å². The van der Waals surface area contributed by atoms with E-state index in [0.29, 0.717) is 19.0 Å². The number of carbonyl (C=O) groups excluding carboxylic acids is 1. The van der Waals surface area contributed by atoms with Crippen LogP contribution in [-0.2, 0) is 4.74 Å². The van der Waals surface area contributed by atoms with Crippen LogP contribution >= 0.6 is 11.6 Å². The van der Waals surface area contributed by atoms with Gasteiger partial charge in [0.1, 0.15) is 11.7 Å². The third-order valence-corrected chi connectivity index (χ3v) is 2.85. The summed E-state index contributed by atoms with van der Waals surface area (Å²) in [7, 11) is 0. The molecule has 0 N–H and O–H groups in total. The van der Waals surface area contributed by atoms with Crippen molar-refractivity contribution < 1.29 is 14.3 Å². The van der Waals surface area contributed by atoms with Gasteiger partial charge in [-0.25, -0.2) is 4.79 Å². The van der Waals surface area contributed by atoms with Crippen LogP contribution in [0.25, 0.3) is 0 Å². The molecule has 20 heavy (non-hydrogen) atoms. The fourth-order valence-corrected chi connectivity index (χ4v) is 2.01. The minimum atomic E-state index is -0.492. The average Bonchev–Trinajstić information content (AvgIpc) is 2.75. The SMILES string of the molecule is CC(C)(C)OC(=O)N1CC[C@H](Oc2cncc(Cl)n2)C1. The maximum Gasteiger partial charge on any atom is 0.410 e. The van der Waals surface area contributed by atoms with Crippen molar-refractivity contribution in [3.05, 3.63) is 17.5 Å². The van der Waals surface area contributed by atoms with E-state index in [1.165, 1.54) is 12.4 Å². The molecule has 1 aliphatic heterocycles. The number of rotatable bonds is 2. The highest BCUT2D eigenvalue weighted by Crippen LogP contribution is 2.19. The standard InChI is InChI=1S/C13H18ClN3O3/c1-13(2,3)20-12(18)17-5-4-9(8-17)19-11-7-15-6-10(14)16-11/h6-7,9H,4-5,8H2,1-3H3/t9-/m0/s1. The summed E-state index contributed by atoms with van der Waals surface area (Å²) in [5.74, 6) is 0.369. The summed E-state index contributed by atoms with van der Waals surface area (Å²) in [6.45, 7) is 6.61. The predicted octanol–water partition coefficient (Wildman–Crippen LogP) is 2.52. The number of hydrogen-bond donors (Lipinski definition) is 0. The van der Waals surface area contributed by atoms with E-state index in [0.717, 1.165) is 6.42 Å². The molecule has 1 aromatic rings. The third kappa shape index (κ3) is 4.23. The molecule has 1 aromatic heterocycles. The zero-order valence-corrected chi connectivity index (χ0v) is 12.6. The summed E-state index contributed by atoms with van der Waals surface area (Å²) in [4.78, 5) is 21.5. The molecule has 0 saturated carbocycles. The molecule has 0 aromatic carbocycles. The van der Waals surface area contributed by atoms with Gasteiger partial charge in [-0.15, -0.1) is 0 Å². The number of halogens is 1. The normalized spacial score (nSPS) is 19.0. The van der Waals surface area contributed by atoms with E-state index >= 15 is 0 Å². The Morgan fingerprint density at radius 2 is 2.20 bits per heavy atom. The van der Waals surface area contributed by atoms with Gasteiger partial charge in [-0.2, -0.15) is 4.98 Å². The molecule has 1 amide bonds. The first-order valence-corrected chi connectivity index (χ1v) is 6.83. The smallest absolute Gasteiger partial charge is 0.410 e. The Morgan fingerprint density at radius 3 is 2.85 bits per heavy atom. The van der Waals surface area contributed by atoms with Gasteiger partial charge >= 0.3 is 6.09 Å². The van der Waals surface area contributed by atoms with E-state index in [2.05, 4.69) is 9.97 Å². The predicted molar refractivity (Wildman–Crippen MR) is 73.9 cm³/mol. The average molecular weight is 300 g/mol. The molecule has 0 radical (unpaired) electrons. The van der Waals surface area contributed by atoms with Crippen molar-refractivity contribution >= 4 is 17.7 Å². The molecular weight excluding hydrogens is 282 g/mol. The molecule has 2 rings (SSSR count). The van der Waals surface area contributed by atoms with Gasteiger partial charge in [-0.3, -0.25) is 4.98 Å². The van der Waals surface area contributed by atoms with Gasteiger partial charge in [0.2, 0.25) is 5.88 Å². The number of likely N-dealkylation sites (tertiary alicyclic amines) is 1. The van der Waals surface area contributed by atoms with Crippen LogP contribution in [-0.4, -0.2) is 45.8 Å². The molecule has 1 aliphatic rings. The first kappa shape index (κ1) is 14.8. The number of ether oxygens (including phenoxy) is 2. The molecule has 0 aliphatic carbocycles. The second-order valence-electron chi connectivity index (χ2n) is 5.63. The maximum absolute atomic E-state index is 11.9. The van der Waals surface area contributed by atoms with Crippen LogP contribution in [0.3, 0.4) is 0 Å². The van der Waals surface area contributed by atoms with Crippen molar-refractivity contribution in [2.75, 3.05) is 13.1 Å². The summed E-state index contributed by atoms with van der Waals surface area (Å²) in [5.41, 5.74) is -0.492. The van der Waals surface area contributed by atoms with Crippen LogP contribution in [0.2, 0.25) is 5.15 Å². The van der Waals surface area contributed by atoms with Crippen LogP contribution in [0.5, 0.6) is 5.88 Å². The Balaban J connectivity index is 1.88. The van der Waals surface area contributed by atoms with E-state index in [4.69, 9.17) is 21.1 Å². The number of nitrogens with zero attached hydrogens (tertiary/aromatic N) is 3. The third-order valence-electron chi connectivity index (χ3n) is 2.67. The second kappa shape index (κ2) is 5.83. The molecule has 1 fully saturated rings. The van der Waals surface area contributed by atoms with E-state index in [9.17, 15) is 4.79 Å². The van der Waals surface area contributed by atoms with Crippen molar-refractivity contribution in [2.45, 2.75) is 38.9 Å². The molecule has 0 unspecified atom stereocenters. The summed E-state index contributed by atoms with van der Waals surface area (Å²) in [6.07, 6.45) is 3.24. The molecule has 6 nitrogen and oxygen atoms in total. The molecule has 0 spiro atoms. The van der Waals surface area contributed by atoms with Crippen molar-refractivity contribution in [3.8, 4) is 5.88 Å². The van der Waals surface area contributed by atoms with Gasteiger partial charge < -0.3 is 14.4 Å². The number of hydrogen-bond acceptors (Lipinski definition) is 5. The lowest BCUT2D eigenvalue weighted by molar-refractivity contribution is 0.0275. The highest BCUT2D eigenvalue weighted by molar-refractivity contribution is 6.29. The Kier molecular flexibility index (Phi) is 4.32. The zero-order chi connectivity index (χ0) is 14.8. The lowest BCUT2D eigenvalue weighted by Crippen LogP contribution is -2.36. The van der Waals surface area contributed by atoms with Crippen molar-refractivity contribution in [1.29, 1.82) is 0 Å². The lowest BCUT2D eigenvalue weighted by atomic mass is 10.2. The minimum absolute atomic E-state index is 0.115. The van der Waals surface area contributed by atoms with E-state index < -0.39 is 5.60 Å². The number of aromatic nitrogens is 2. The van der Waals surface area contributed by atoms with Crippen LogP contribution in [0.4, 0.5) is 4.79 Å². The lowest BCUT2D eigenvalue weighted by Gasteiger charge is -2.24. The Hall–Kier alpha value is -1.56. The zero-order valence-electron chi connectivity index (χ0n) is 11.8. The molecular formula is C13H18ClN3O3. The van der Waals surface area contributed by atoms with Gasteiger partial charge in [0.25, 0.3) is 0 Å². The van der Waals surface area contributed by atoms with Crippen molar-refractivity contribution in [3.63, 3.8) is 0 Å². The van der Waals surface area contributed by atoms with Crippen LogP contribution < -0.4 is 4.74 Å². The van der Waals surface area contributed by atoms with Crippen LogP contribution in [0, 0.1) is 0 Å². The van der Waals surface area contributed by atoms with Gasteiger partial charge in [-0.05, 0) is 20.8 Å². The van der Waals surface area contributed by atoms with Gasteiger partial charge in [0, 0.05) is 13.0 Å². The second-order valence-corrected chi connectivity index (χ2v) is 6.02. The fourth-order valence-electron chi connectivity index (χ4n) is 1.87. The quantitative estimate of drug-likeness (QED) is 0.839. The molecule has 1 atom stereocenters. The van der Waals surface area contributed by atoms with Crippen LogP contribution in [0.15, 0.2) is 12.4 Å². The Bertz CT molecular complexity index is 490. The highest BCUT2D eigenvalue weighted by atomic mass is 35.5. The molecule has 1 saturated heterocycles. The highest BCUT2D eigenvalue weighted by Gasteiger charge is 2.31. The van der Waals surface area contributed by atoms with E-state index in [1.54, 1.807) is 4.90 Å². The number of amides is 1. The fraction of sp³-hybridized carbons (Fsp3) is 0.615. The van der Waals surface area contributed by atoms with Gasteiger partial charge in [-0.1, -0.05) is 11.6 Å². The van der Waals surface area contributed by atoms with E-state index in [1.807, 2.05) is 20.8 Å². The number of carbonyl (C=O) groups is 1.